The summed E-state index contributed by atoms with van der Waals surface area (Å²) < 4.78 is 28.7. The Labute approximate surface area is 141 Å². The van der Waals surface area contributed by atoms with Crippen LogP contribution in [0.4, 0.5) is 10.1 Å². The third-order valence-electron chi connectivity index (χ3n) is 3.40. The van der Waals surface area contributed by atoms with Crippen molar-refractivity contribution >= 4 is 11.6 Å². The molecule has 0 fully saturated rings. The van der Waals surface area contributed by atoms with Crippen LogP contribution < -0.4 is 19.5 Å². The molecule has 2 aromatic carbocycles. The Kier molecular flexibility index (Phi) is 4.64. The molecule has 8 nitrogen and oxygen atoms in total. The molecule has 3 rings (SSSR count). The van der Waals surface area contributed by atoms with Crippen LogP contribution in [0.2, 0.25) is 0 Å². The van der Waals surface area contributed by atoms with Gasteiger partial charge in [-0.15, -0.1) is 0 Å². The summed E-state index contributed by atoms with van der Waals surface area (Å²) in [6.45, 7) is -0.107. The van der Waals surface area contributed by atoms with Gasteiger partial charge in [0.15, 0.2) is 18.1 Å². The van der Waals surface area contributed by atoms with Crippen molar-refractivity contribution in [3.8, 4) is 17.2 Å². The fourth-order valence-electron chi connectivity index (χ4n) is 2.20. The molecule has 1 amide bonds. The predicted molar refractivity (Wildman–Crippen MR) is 83.0 cm³/mol. The fraction of sp³-hybridized carbons (Fsp3) is 0.188. The molecule has 0 atom stereocenters. The van der Waals surface area contributed by atoms with Crippen LogP contribution in [0.1, 0.15) is 5.56 Å². The van der Waals surface area contributed by atoms with E-state index in [1.54, 1.807) is 18.2 Å². The van der Waals surface area contributed by atoms with Crippen LogP contribution in [0.3, 0.4) is 0 Å². The van der Waals surface area contributed by atoms with Crippen molar-refractivity contribution in [1.82, 2.24) is 5.32 Å². The van der Waals surface area contributed by atoms with E-state index in [4.69, 9.17) is 14.2 Å². The van der Waals surface area contributed by atoms with E-state index in [0.717, 1.165) is 23.8 Å². The van der Waals surface area contributed by atoms with Crippen molar-refractivity contribution in [3.05, 3.63) is 57.9 Å². The Morgan fingerprint density at radius 1 is 1.24 bits per heavy atom. The standard InChI is InChI=1S/C16H13FN2O6/c17-11-2-3-12(19(21)22)14(6-11)23-8-16(20)18-7-10-1-4-13-15(5-10)25-9-24-13/h1-6H,7-9H2,(H,18,20). The third kappa shape index (κ3) is 3.94. The molecule has 0 aliphatic carbocycles. The Bertz CT molecular complexity index is 826. The van der Waals surface area contributed by atoms with Crippen molar-refractivity contribution < 1.29 is 28.3 Å². The second kappa shape index (κ2) is 7.04. The molecule has 0 unspecified atom stereocenters. The van der Waals surface area contributed by atoms with Crippen molar-refractivity contribution in [2.24, 2.45) is 0 Å². The fourth-order valence-corrected chi connectivity index (χ4v) is 2.20. The summed E-state index contributed by atoms with van der Waals surface area (Å²) in [5, 5.41) is 13.5. The first-order chi connectivity index (χ1) is 12.0. The summed E-state index contributed by atoms with van der Waals surface area (Å²) in [5.41, 5.74) is 0.374. The molecule has 1 N–H and O–H groups in total. The molecule has 130 valence electrons. The summed E-state index contributed by atoms with van der Waals surface area (Å²) in [5.74, 6) is -0.268. The van der Waals surface area contributed by atoms with Crippen LogP contribution in [0.25, 0.3) is 0 Å². The van der Waals surface area contributed by atoms with Crippen molar-refractivity contribution in [2.75, 3.05) is 13.4 Å². The van der Waals surface area contributed by atoms with Crippen LogP contribution >= 0.6 is 0 Å². The first-order valence-corrected chi connectivity index (χ1v) is 7.25. The average molecular weight is 348 g/mol. The number of fused-ring (bicyclic) bond motifs is 1. The zero-order valence-electron chi connectivity index (χ0n) is 12.9. The lowest BCUT2D eigenvalue weighted by atomic mass is 10.2. The molecule has 1 heterocycles. The zero-order valence-corrected chi connectivity index (χ0v) is 12.9. The summed E-state index contributed by atoms with van der Waals surface area (Å²) >= 11 is 0. The number of amides is 1. The lowest BCUT2D eigenvalue weighted by Gasteiger charge is -2.08. The van der Waals surface area contributed by atoms with Gasteiger partial charge >= 0.3 is 5.69 Å². The first-order valence-electron chi connectivity index (χ1n) is 7.25. The minimum Gasteiger partial charge on any atom is -0.477 e. The molecule has 0 aromatic heterocycles. The number of hydrogen-bond donors (Lipinski definition) is 1. The lowest BCUT2D eigenvalue weighted by Crippen LogP contribution is -2.28. The maximum atomic E-state index is 13.2. The van der Waals surface area contributed by atoms with E-state index in [1.165, 1.54) is 0 Å². The number of nitrogens with one attached hydrogen (secondary N) is 1. The van der Waals surface area contributed by atoms with Gasteiger partial charge in [-0.3, -0.25) is 14.9 Å². The van der Waals surface area contributed by atoms with Crippen molar-refractivity contribution in [1.29, 1.82) is 0 Å². The highest BCUT2D eigenvalue weighted by molar-refractivity contribution is 5.77. The lowest BCUT2D eigenvalue weighted by molar-refractivity contribution is -0.385. The summed E-state index contributed by atoms with van der Waals surface area (Å²) in [4.78, 5) is 22.0. The normalized spacial score (nSPS) is 11.9. The Morgan fingerprint density at radius 2 is 2.04 bits per heavy atom. The molecule has 0 saturated carbocycles. The van der Waals surface area contributed by atoms with E-state index < -0.39 is 28.9 Å². The quantitative estimate of drug-likeness (QED) is 0.634. The summed E-state index contributed by atoms with van der Waals surface area (Å²) in [6, 6.07) is 8.03. The van der Waals surface area contributed by atoms with Crippen LogP contribution in [-0.2, 0) is 11.3 Å². The largest absolute Gasteiger partial charge is 0.477 e. The molecule has 2 aromatic rings. The number of ether oxygens (including phenoxy) is 3. The minimum absolute atomic E-state index is 0.158. The van der Waals surface area contributed by atoms with E-state index in [9.17, 15) is 19.3 Å². The molecule has 0 radical (unpaired) electrons. The monoisotopic (exact) mass is 348 g/mol. The molecule has 1 aliphatic rings. The molecule has 0 bridgehead atoms. The highest BCUT2D eigenvalue weighted by atomic mass is 19.1. The predicted octanol–water partition coefficient (Wildman–Crippen LogP) is 2.16. The highest BCUT2D eigenvalue weighted by Crippen LogP contribution is 2.32. The molecule has 1 aliphatic heterocycles. The number of rotatable bonds is 6. The van der Waals surface area contributed by atoms with Gasteiger partial charge in [0, 0.05) is 18.7 Å². The van der Waals surface area contributed by atoms with Crippen LogP contribution in [0, 0.1) is 15.9 Å². The molecular formula is C16H13FN2O6. The number of halogens is 1. The molecule has 25 heavy (non-hydrogen) atoms. The number of hydrogen-bond acceptors (Lipinski definition) is 6. The number of nitrogens with zero attached hydrogens (tertiary/aromatic N) is 1. The van der Waals surface area contributed by atoms with E-state index in [1.807, 2.05) is 0 Å². The van der Waals surface area contributed by atoms with Gasteiger partial charge in [-0.05, 0) is 23.8 Å². The van der Waals surface area contributed by atoms with Crippen LogP contribution in [0.15, 0.2) is 36.4 Å². The van der Waals surface area contributed by atoms with E-state index in [-0.39, 0.29) is 19.1 Å². The van der Waals surface area contributed by atoms with Gasteiger partial charge in [-0.2, -0.15) is 0 Å². The zero-order chi connectivity index (χ0) is 17.8. The maximum Gasteiger partial charge on any atom is 0.311 e. The van der Waals surface area contributed by atoms with Crippen LogP contribution in [0.5, 0.6) is 17.2 Å². The Balaban J connectivity index is 1.55. The van der Waals surface area contributed by atoms with Gasteiger partial charge in [0.05, 0.1) is 4.92 Å². The van der Waals surface area contributed by atoms with Gasteiger partial charge in [0.25, 0.3) is 5.91 Å². The Morgan fingerprint density at radius 3 is 2.84 bits per heavy atom. The molecule has 0 saturated heterocycles. The second-order valence-corrected chi connectivity index (χ2v) is 5.12. The third-order valence-corrected chi connectivity index (χ3v) is 3.40. The molecule has 9 heteroatoms. The number of nitro groups is 1. The minimum atomic E-state index is -0.709. The smallest absolute Gasteiger partial charge is 0.311 e. The molecular weight excluding hydrogens is 335 g/mol. The summed E-state index contributed by atoms with van der Waals surface area (Å²) in [6.07, 6.45) is 0. The van der Waals surface area contributed by atoms with Gasteiger partial charge in [0.1, 0.15) is 5.82 Å². The number of benzene rings is 2. The number of carbonyl (C=O) groups excluding carboxylic acids is 1. The first kappa shape index (κ1) is 16.5. The molecule has 0 spiro atoms. The van der Waals surface area contributed by atoms with Crippen molar-refractivity contribution in [3.63, 3.8) is 0 Å². The number of nitro benzene ring substituents is 1. The maximum absolute atomic E-state index is 13.2. The van der Waals surface area contributed by atoms with Gasteiger partial charge < -0.3 is 19.5 Å². The summed E-state index contributed by atoms with van der Waals surface area (Å²) in [7, 11) is 0. The second-order valence-electron chi connectivity index (χ2n) is 5.12. The van der Waals surface area contributed by atoms with Gasteiger partial charge in [0.2, 0.25) is 12.5 Å². The number of carbonyl (C=O) groups is 1. The highest BCUT2D eigenvalue weighted by Gasteiger charge is 2.17. The topological polar surface area (TPSA) is 99.9 Å². The van der Waals surface area contributed by atoms with Crippen molar-refractivity contribution in [2.45, 2.75) is 6.54 Å². The SMILES string of the molecule is O=C(COc1cc(F)ccc1[N+](=O)[O-])NCc1ccc2c(c1)OCO2. The van der Waals surface area contributed by atoms with E-state index in [0.29, 0.717) is 11.5 Å². The van der Waals surface area contributed by atoms with Gasteiger partial charge in [-0.1, -0.05) is 6.07 Å². The average Bonchev–Trinajstić information content (AvgIpc) is 3.05. The van der Waals surface area contributed by atoms with Crippen LogP contribution in [-0.4, -0.2) is 24.2 Å². The Hall–Kier alpha value is -3.36. The van der Waals surface area contributed by atoms with E-state index in [2.05, 4.69) is 5.32 Å². The van der Waals surface area contributed by atoms with Gasteiger partial charge in [-0.25, -0.2) is 4.39 Å². The van der Waals surface area contributed by atoms with E-state index >= 15 is 0 Å².